The van der Waals surface area contributed by atoms with Crippen molar-refractivity contribution in [2.45, 2.75) is 5.03 Å². The van der Waals surface area contributed by atoms with Crippen molar-refractivity contribution in [2.24, 2.45) is 0 Å². The minimum absolute atomic E-state index is 0.127. The summed E-state index contributed by atoms with van der Waals surface area (Å²) in [6.45, 7) is 0. The molecule has 0 aliphatic heterocycles. The van der Waals surface area contributed by atoms with Gasteiger partial charge in [0.05, 0.1) is 0 Å². The lowest BCUT2D eigenvalue weighted by Gasteiger charge is -1.94. The first-order valence-electron chi connectivity index (χ1n) is 3.76. The summed E-state index contributed by atoms with van der Waals surface area (Å²) in [4.78, 5) is 15.5. The molecule has 2 rings (SSSR count). The van der Waals surface area contributed by atoms with E-state index in [-0.39, 0.29) is 5.12 Å². The quantitative estimate of drug-likeness (QED) is 0.727. The molecule has 2 aromatic rings. The first-order valence-corrected chi connectivity index (χ1v) is 5.42. The van der Waals surface area contributed by atoms with Crippen molar-refractivity contribution in [3.05, 3.63) is 35.5 Å². The molecule has 0 radical (unpaired) electrons. The van der Waals surface area contributed by atoms with Crippen molar-refractivity contribution in [3.8, 4) is 0 Å². The fraction of sp³-hybridized carbons (Fsp3) is 0. The van der Waals surface area contributed by atoms with Crippen LogP contribution in [0, 0.1) is 0 Å². The zero-order valence-corrected chi connectivity index (χ0v) is 8.59. The Balaban J connectivity index is 2.10. The van der Waals surface area contributed by atoms with Crippen LogP contribution in [0.25, 0.3) is 0 Å². The van der Waals surface area contributed by atoms with Gasteiger partial charge < -0.3 is 0 Å². The Kier molecular flexibility index (Phi) is 2.85. The zero-order chi connectivity index (χ0) is 9.80. The van der Waals surface area contributed by atoms with E-state index in [1.165, 1.54) is 0 Å². The second kappa shape index (κ2) is 4.30. The predicted octanol–water partition coefficient (Wildman–Crippen LogP) is 1.87. The molecule has 0 unspecified atom stereocenters. The van der Waals surface area contributed by atoms with Crippen LogP contribution in [0.2, 0.25) is 0 Å². The zero-order valence-electron chi connectivity index (χ0n) is 6.95. The van der Waals surface area contributed by atoms with Crippen LogP contribution in [0.3, 0.4) is 0 Å². The predicted molar refractivity (Wildman–Crippen MR) is 54.3 cm³/mol. The van der Waals surface area contributed by atoms with Crippen molar-refractivity contribution < 1.29 is 4.79 Å². The number of pyridine rings is 1. The van der Waals surface area contributed by atoms with E-state index in [1.54, 1.807) is 23.7 Å². The van der Waals surface area contributed by atoms with Crippen LogP contribution in [-0.2, 0) is 0 Å². The Hall–Kier alpha value is -1.27. The number of aromatic nitrogens is 3. The van der Waals surface area contributed by atoms with E-state index in [2.05, 4.69) is 14.6 Å². The van der Waals surface area contributed by atoms with Crippen LogP contribution in [0.4, 0.5) is 0 Å². The topological polar surface area (TPSA) is 55.7 Å². The van der Waals surface area contributed by atoms with Gasteiger partial charge >= 0.3 is 0 Å². The van der Waals surface area contributed by atoms with Crippen LogP contribution in [0.15, 0.2) is 34.8 Å². The molecular formula is C8H5N3OS2. The number of thioether (sulfide) groups is 1. The van der Waals surface area contributed by atoms with E-state index in [1.807, 2.05) is 6.07 Å². The molecule has 70 valence electrons. The molecule has 0 fully saturated rings. The third-order valence-electron chi connectivity index (χ3n) is 1.40. The van der Waals surface area contributed by atoms with Crippen LogP contribution >= 0.6 is 23.3 Å². The van der Waals surface area contributed by atoms with Gasteiger partial charge in [0.1, 0.15) is 5.03 Å². The van der Waals surface area contributed by atoms with E-state index in [0.29, 0.717) is 10.7 Å². The summed E-state index contributed by atoms with van der Waals surface area (Å²) in [5.74, 6) is 0. The standard InChI is InChI=1S/C8H5N3OS2/c12-8(6-5-13-11-10-6)14-7-3-1-2-4-9-7/h1-5H. The summed E-state index contributed by atoms with van der Waals surface area (Å²) < 4.78 is 3.62. The normalized spacial score (nSPS) is 10.0. The smallest absolute Gasteiger partial charge is 0.246 e. The van der Waals surface area contributed by atoms with Gasteiger partial charge in [0.25, 0.3) is 0 Å². The van der Waals surface area contributed by atoms with E-state index in [0.717, 1.165) is 23.3 Å². The van der Waals surface area contributed by atoms with Crippen LogP contribution in [0.5, 0.6) is 0 Å². The van der Waals surface area contributed by atoms with Gasteiger partial charge in [0.2, 0.25) is 5.12 Å². The van der Waals surface area contributed by atoms with E-state index in [4.69, 9.17) is 0 Å². The number of nitrogens with zero attached hydrogens (tertiary/aromatic N) is 3. The van der Waals surface area contributed by atoms with Crippen LogP contribution < -0.4 is 0 Å². The maximum Gasteiger partial charge on any atom is 0.246 e. The Morgan fingerprint density at radius 1 is 1.43 bits per heavy atom. The van der Waals surface area contributed by atoms with E-state index < -0.39 is 0 Å². The first kappa shape index (κ1) is 9.29. The summed E-state index contributed by atoms with van der Waals surface area (Å²) in [6.07, 6.45) is 1.65. The molecule has 2 heterocycles. The minimum Gasteiger partial charge on any atom is -0.279 e. The Morgan fingerprint density at radius 3 is 3.00 bits per heavy atom. The number of hydrogen-bond donors (Lipinski definition) is 0. The number of rotatable bonds is 2. The molecule has 0 spiro atoms. The minimum atomic E-state index is -0.127. The Morgan fingerprint density at radius 2 is 2.36 bits per heavy atom. The van der Waals surface area contributed by atoms with E-state index >= 15 is 0 Å². The van der Waals surface area contributed by atoms with Crippen molar-refractivity contribution in [1.82, 2.24) is 14.6 Å². The SMILES string of the molecule is O=C(Sc1ccccn1)c1csnn1. The lowest BCUT2D eigenvalue weighted by Crippen LogP contribution is -1.94. The van der Waals surface area contributed by atoms with Crippen molar-refractivity contribution in [2.75, 3.05) is 0 Å². The second-order valence-electron chi connectivity index (χ2n) is 2.35. The molecule has 0 aliphatic carbocycles. The molecule has 0 aromatic carbocycles. The fourth-order valence-electron chi connectivity index (χ4n) is 0.808. The van der Waals surface area contributed by atoms with Gasteiger partial charge in [-0.05, 0) is 35.4 Å². The van der Waals surface area contributed by atoms with Gasteiger partial charge in [-0.25, -0.2) is 4.98 Å². The van der Waals surface area contributed by atoms with Crippen LogP contribution in [-0.4, -0.2) is 19.7 Å². The van der Waals surface area contributed by atoms with Gasteiger partial charge in [-0.2, -0.15) is 0 Å². The maximum atomic E-state index is 11.5. The van der Waals surface area contributed by atoms with Crippen molar-refractivity contribution >= 4 is 28.4 Å². The molecule has 0 aliphatic rings. The summed E-state index contributed by atoms with van der Waals surface area (Å²) in [5.41, 5.74) is 0.380. The number of carbonyl (C=O) groups is 1. The lowest BCUT2D eigenvalue weighted by molar-refractivity contribution is 0.108. The van der Waals surface area contributed by atoms with Crippen molar-refractivity contribution in [3.63, 3.8) is 0 Å². The van der Waals surface area contributed by atoms with Gasteiger partial charge in [0, 0.05) is 11.6 Å². The average molecular weight is 223 g/mol. The summed E-state index contributed by atoms with van der Waals surface area (Å²) in [6, 6.07) is 5.42. The Labute approximate surface area is 88.5 Å². The highest BCUT2D eigenvalue weighted by Gasteiger charge is 2.10. The highest BCUT2D eigenvalue weighted by atomic mass is 32.2. The molecule has 6 heteroatoms. The van der Waals surface area contributed by atoms with Gasteiger partial charge in [-0.15, -0.1) is 5.10 Å². The Bertz CT molecular complexity index is 415. The highest BCUT2D eigenvalue weighted by Crippen LogP contribution is 2.19. The molecular weight excluding hydrogens is 218 g/mol. The lowest BCUT2D eigenvalue weighted by atomic mass is 10.5. The van der Waals surface area contributed by atoms with Crippen molar-refractivity contribution in [1.29, 1.82) is 0 Å². The molecule has 0 bridgehead atoms. The first-order chi connectivity index (χ1) is 6.86. The molecule has 0 amide bonds. The molecule has 0 saturated carbocycles. The summed E-state index contributed by atoms with van der Waals surface area (Å²) >= 11 is 2.22. The molecule has 2 aromatic heterocycles. The third kappa shape index (κ3) is 2.15. The monoisotopic (exact) mass is 223 g/mol. The molecule has 0 saturated heterocycles. The molecule has 14 heavy (non-hydrogen) atoms. The number of hydrogen-bond acceptors (Lipinski definition) is 6. The average Bonchev–Trinajstić information content (AvgIpc) is 2.72. The van der Waals surface area contributed by atoms with Gasteiger partial charge in [-0.3, -0.25) is 4.79 Å². The van der Waals surface area contributed by atoms with Gasteiger partial charge in [-0.1, -0.05) is 10.6 Å². The maximum absolute atomic E-state index is 11.5. The summed E-state index contributed by atoms with van der Waals surface area (Å²) in [5, 5.41) is 5.85. The largest absolute Gasteiger partial charge is 0.279 e. The molecule has 0 atom stereocenters. The number of carbonyl (C=O) groups excluding carboxylic acids is 1. The second-order valence-corrected chi connectivity index (χ2v) is 3.95. The van der Waals surface area contributed by atoms with Crippen LogP contribution in [0.1, 0.15) is 10.5 Å². The summed E-state index contributed by atoms with van der Waals surface area (Å²) in [7, 11) is 0. The fourth-order valence-corrected chi connectivity index (χ4v) is 1.97. The molecule has 4 nitrogen and oxygen atoms in total. The molecule has 0 N–H and O–H groups in total. The highest BCUT2D eigenvalue weighted by molar-refractivity contribution is 8.14. The van der Waals surface area contributed by atoms with Gasteiger partial charge in [0.15, 0.2) is 5.69 Å². The van der Waals surface area contributed by atoms with E-state index in [9.17, 15) is 4.79 Å². The third-order valence-corrected chi connectivity index (χ3v) is 2.75.